The molecule has 1 aliphatic heterocycles. The van der Waals surface area contributed by atoms with Crippen LogP contribution in [-0.4, -0.2) is 46.9 Å². The van der Waals surface area contributed by atoms with Crippen molar-refractivity contribution in [1.29, 1.82) is 0 Å². The third-order valence-electron chi connectivity index (χ3n) is 5.71. The predicted molar refractivity (Wildman–Crippen MR) is 95.0 cm³/mol. The molecular formula is C19H32N2O4. The van der Waals surface area contributed by atoms with Gasteiger partial charge in [0.1, 0.15) is 0 Å². The van der Waals surface area contributed by atoms with Crippen molar-refractivity contribution >= 4 is 17.8 Å². The molecule has 2 aliphatic rings. The van der Waals surface area contributed by atoms with E-state index >= 15 is 0 Å². The maximum Gasteiger partial charge on any atom is 0.303 e. The highest BCUT2D eigenvalue weighted by Gasteiger charge is 2.28. The van der Waals surface area contributed by atoms with Crippen molar-refractivity contribution in [2.45, 2.75) is 77.2 Å². The zero-order valence-electron chi connectivity index (χ0n) is 15.3. The van der Waals surface area contributed by atoms with Crippen LogP contribution in [0.15, 0.2) is 0 Å². The molecule has 0 radical (unpaired) electrons. The summed E-state index contributed by atoms with van der Waals surface area (Å²) in [6, 6.07) is -0.0439. The Kier molecular flexibility index (Phi) is 7.72. The summed E-state index contributed by atoms with van der Waals surface area (Å²) in [4.78, 5) is 36.7. The summed E-state index contributed by atoms with van der Waals surface area (Å²) in [5, 5.41) is 12.1. The largest absolute Gasteiger partial charge is 0.481 e. The molecule has 6 nitrogen and oxygen atoms in total. The van der Waals surface area contributed by atoms with Gasteiger partial charge < -0.3 is 15.3 Å². The molecule has 0 aromatic heterocycles. The van der Waals surface area contributed by atoms with E-state index in [1.54, 1.807) is 11.8 Å². The zero-order chi connectivity index (χ0) is 18.2. The SMILES string of the molecule is CC(=O)N1CCC(C(=O)NC(CCC(=O)O)CC2CCCCC2)CC1. The van der Waals surface area contributed by atoms with Gasteiger partial charge in [0.15, 0.2) is 0 Å². The summed E-state index contributed by atoms with van der Waals surface area (Å²) in [5.41, 5.74) is 0. The number of carboxylic acid groups (broad SMARTS) is 1. The molecule has 0 spiro atoms. The summed E-state index contributed by atoms with van der Waals surface area (Å²) in [5.74, 6) is -0.163. The lowest BCUT2D eigenvalue weighted by molar-refractivity contribution is -0.137. The van der Waals surface area contributed by atoms with Crippen molar-refractivity contribution in [3.05, 3.63) is 0 Å². The maximum atomic E-state index is 12.6. The molecule has 142 valence electrons. The molecule has 0 bridgehead atoms. The number of hydrogen-bond donors (Lipinski definition) is 2. The Bertz CT molecular complexity index is 466. The smallest absolute Gasteiger partial charge is 0.303 e. The van der Waals surface area contributed by atoms with E-state index in [-0.39, 0.29) is 30.2 Å². The van der Waals surface area contributed by atoms with E-state index in [1.165, 1.54) is 32.1 Å². The Morgan fingerprint density at radius 1 is 1.08 bits per heavy atom. The van der Waals surface area contributed by atoms with Gasteiger partial charge in [-0.1, -0.05) is 32.1 Å². The van der Waals surface area contributed by atoms with Crippen LogP contribution in [0.25, 0.3) is 0 Å². The minimum Gasteiger partial charge on any atom is -0.481 e. The first-order chi connectivity index (χ1) is 12.0. The summed E-state index contributed by atoms with van der Waals surface area (Å²) < 4.78 is 0. The van der Waals surface area contributed by atoms with Gasteiger partial charge in [0.25, 0.3) is 0 Å². The molecule has 6 heteroatoms. The first kappa shape index (κ1) is 19.7. The summed E-state index contributed by atoms with van der Waals surface area (Å²) in [6.07, 6.45) is 9.04. The molecule has 1 atom stereocenters. The number of nitrogens with zero attached hydrogens (tertiary/aromatic N) is 1. The van der Waals surface area contributed by atoms with Crippen molar-refractivity contribution < 1.29 is 19.5 Å². The molecule has 2 rings (SSSR count). The van der Waals surface area contributed by atoms with Gasteiger partial charge in [-0.3, -0.25) is 14.4 Å². The lowest BCUT2D eigenvalue weighted by atomic mass is 9.83. The summed E-state index contributed by atoms with van der Waals surface area (Å²) in [6.45, 7) is 2.83. The average Bonchev–Trinajstić information content (AvgIpc) is 2.60. The Morgan fingerprint density at radius 2 is 1.72 bits per heavy atom. The number of nitrogens with one attached hydrogen (secondary N) is 1. The monoisotopic (exact) mass is 352 g/mol. The molecule has 0 aromatic carbocycles. The van der Waals surface area contributed by atoms with Crippen molar-refractivity contribution in [3.8, 4) is 0 Å². The van der Waals surface area contributed by atoms with Gasteiger partial charge in [0, 0.05) is 38.4 Å². The first-order valence-electron chi connectivity index (χ1n) is 9.73. The average molecular weight is 352 g/mol. The number of hydrogen-bond acceptors (Lipinski definition) is 3. The van der Waals surface area contributed by atoms with Gasteiger partial charge in [-0.2, -0.15) is 0 Å². The fourth-order valence-electron chi connectivity index (χ4n) is 4.15. The van der Waals surface area contributed by atoms with Crippen LogP contribution in [0.3, 0.4) is 0 Å². The number of carboxylic acids is 1. The van der Waals surface area contributed by atoms with Crippen LogP contribution in [0.5, 0.6) is 0 Å². The molecule has 2 N–H and O–H groups in total. The molecule has 2 fully saturated rings. The summed E-state index contributed by atoms with van der Waals surface area (Å²) in [7, 11) is 0. The van der Waals surface area contributed by atoms with Crippen molar-refractivity contribution in [1.82, 2.24) is 10.2 Å². The molecule has 1 unspecified atom stereocenters. The van der Waals surface area contributed by atoms with Gasteiger partial charge in [0.2, 0.25) is 11.8 Å². The van der Waals surface area contributed by atoms with Gasteiger partial charge in [-0.15, -0.1) is 0 Å². The second-order valence-electron chi connectivity index (χ2n) is 7.66. The second kappa shape index (κ2) is 9.78. The number of aliphatic carboxylic acids is 1. The maximum absolute atomic E-state index is 12.6. The van der Waals surface area contributed by atoms with Gasteiger partial charge in [-0.25, -0.2) is 0 Å². The zero-order valence-corrected chi connectivity index (χ0v) is 15.3. The second-order valence-corrected chi connectivity index (χ2v) is 7.66. The third kappa shape index (κ3) is 6.67. The van der Waals surface area contributed by atoms with E-state index in [0.717, 1.165) is 6.42 Å². The van der Waals surface area contributed by atoms with E-state index < -0.39 is 5.97 Å². The van der Waals surface area contributed by atoms with Crippen LogP contribution in [0, 0.1) is 11.8 Å². The standard InChI is InChI=1S/C19H32N2O4/c1-14(22)21-11-9-16(10-12-21)19(25)20-17(7-8-18(23)24)13-15-5-3-2-4-6-15/h15-17H,2-13H2,1H3,(H,20,25)(H,23,24). The fraction of sp³-hybridized carbons (Fsp3) is 0.842. The van der Waals surface area contributed by atoms with E-state index in [9.17, 15) is 14.4 Å². The minimum absolute atomic E-state index is 0.0365. The lowest BCUT2D eigenvalue weighted by Gasteiger charge is -2.32. The number of amides is 2. The van der Waals surface area contributed by atoms with Crippen molar-refractivity contribution in [2.75, 3.05) is 13.1 Å². The Balaban J connectivity index is 1.84. The number of likely N-dealkylation sites (tertiary alicyclic amines) is 1. The van der Waals surface area contributed by atoms with Gasteiger partial charge >= 0.3 is 5.97 Å². The van der Waals surface area contributed by atoms with Gasteiger partial charge in [-0.05, 0) is 31.6 Å². The van der Waals surface area contributed by atoms with Crippen LogP contribution in [-0.2, 0) is 14.4 Å². The van der Waals surface area contributed by atoms with Gasteiger partial charge in [0.05, 0.1) is 0 Å². The fourth-order valence-corrected chi connectivity index (χ4v) is 4.15. The summed E-state index contributed by atoms with van der Waals surface area (Å²) >= 11 is 0. The first-order valence-corrected chi connectivity index (χ1v) is 9.73. The Morgan fingerprint density at radius 3 is 2.28 bits per heavy atom. The lowest BCUT2D eigenvalue weighted by Crippen LogP contribution is -2.45. The van der Waals surface area contributed by atoms with Crippen LogP contribution >= 0.6 is 0 Å². The topological polar surface area (TPSA) is 86.7 Å². The molecule has 1 saturated heterocycles. The van der Waals surface area contributed by atoms with Crippen LogP contribution < -0.4 is 5.32 Å². The van der Waals surface area contributed by atoms with E-state index in [1.807, 2.05) is 0 Å². The van der Waals surface area contributed by atoms with Crippen molar-refractivity contribution in [3.63, 3.8) is 0 Å². The van der Waals surface area contributed by atoms with Crippen molar-refractivity contribution in [2.24, 2.45) is 11.8 Å². The number of carbonyl (C=O) groups excluding carboxylic acids is 2. The molecular weight excluding hydrogens is 320 g/mol. The minimum atomic E-state index is -0.808. The highest BCUT2D eigenvalue weighted by molar-refractivity contribution is 5.80. The molecule has 1 heterocycles. The van der Waals surface area contributed by atoms with E-state index in [4.69, 9.17) is 5.11 Å². The Labute approximate surface area is 150 Å². The van der Waals surface area contributed by atoms with E-state index in [2.05, 4.69) is 5.32 Å². The third-order valence-corrected chi connectivity index (χ3v) is 5.71. The highest BCUT2D eigenvalue weighted by Crippen LogP contribution is 2.28. The molecule has 25 heavy (non-hydrogen) atoms. The normalized spacial score (nSPS) is 20.9. The van der Waals surface area contributed by atoms with E-state index in [0.29, 0.717) is 38.3 Å². The molecule has 0 aromatic rings. The Hall–Kier alpha value is -1.59. The number of rotatable bonds is 7. The molecule has 1 saturated carbocycles. The van der Waals surface area contributed by atoms with Crippen LogP contribution in [0.2, 0.25) is 0 Å². The van der Waals surface area contributed by atoms with Crippen LogP contribution in [0.4, 0.5) is 0 Å². The highest BCUT2D eigenvalue weighted by atomic mass is 16.4. The quantitative estimate of drug-likeness (QED) is 0.737. The van der Waals surface area contributed by atoms with Crippen LogP contribution in [0.1, 0.15) is 71.1 Å². The molecule has 2 amide bonds. The molecule has 1 aliphatic carbocycles. The number of carbonyl (C=O) groups is 3. The predicted octanol–water partition coefficient (Wildman–Crippen LogP) is 2.56. The number of piperidine rings is 1.